The molecule has 2 rings (SSSR count). The molecule has 0 atom stereocenters. The fourth-order valence-corrected chi connectivity index (χ4v) is 2.85. The molecular formula is C14H11FO3S. The Kier molecular flexibility index (Phi) is 3.76. The van der Waals surface area contributed by atoms with Gasteiger partial charge in [0.15, 0.2) is 6.29 Å². The maximum Gasteiger partial charge on any atom is 0.338 e. The Morgan fingerprint density at radius 3 is 2.79 bits per heavy atom. The van der Waals surface area contributed by atoms with Crippen molar-refractivity contribution >= 4 is 23.6 Å². The lowest BCUT2D eigenvalue weighted by molar-refractivity contribution is 0.0600. The first-order chi connectivity index (χ1) is 9.08. The molecule has 98 valence electrons. The van der Waals surface area contributed by atoms with Gasteiger partial charge in [-0.15, -0.1) is 11.3 Å². The molecule has 0 unspecified atom stereocenters. The molecule has 19 heavy (non-hydrogen) atoms. The number of methoxy groups -OCH3 is 1. The van der Waals surface area contributed by atoms with Crippen molar-refractivity contribution in [2.75, 3.05) is 7.11 Å². The fraction of sp³-hybridized carbons (Fsp3) is 0.143. The highest BCUT2D eigenvalue weighted by atomic mass is 32.1. The van der Waals surface area contributed by atoms with E-state index in [4.69, 9.17) is 0 Å². The van der Waals surface area contributed by atoms with E-state index in [2.05, 4.69) is 4.74 Å². The van der Waals surface area contributed by atoms with E-state index in [1.807, 2.05) is 0 Å². The lowest BCUT2D eigenvalue weighted by atomic mass is 10.1. The normalized spacial score (nSPS) is 10.3. The van der Waals surface area contributed by atoms with Gasteiger partial charge in [0.25, 0.3) is 0 Å². The zero-order valence-corrected chi connectivity index (χ0v) is 11.2. The quantitative estimate of drug-likeness (QED) is 0.638. The van der Waals surface area contributed by atoms with Gasteiger partial charge in [-0.05, 0) is 19.1 Å². The van der Waals surface area contributed by atoms with Crippen molar-refractivity contribution in [2.45, 2.75) is 6.92 Å². The molecule has 0 radical (unpaired) electrons. The molecule has 0 saturated carbocycles. The third-order valence-electron chi connectivity index (χ3n) is 2.76. The summed E-state index contributed by atoms with van der Waals surface area (Å²) in [5.74, 6) is -1.01. The van der Waals surface area contributed by atoms with Crippen LogP contribution in [0.4, 0.5) is 4.39 Å². The van der Waals surface area contributed by atoms with Gasteiger partial charge in [-0.1, -0.05) is 12.1 Å². The van der Waals surface area contributed by atoms with Gasteiger partial charge in [0, 0.05) is 15.3 Å². The van der Waals surface area contributed by atoms with Crippen LogP contribution in [0.2, 0.25) is 0 Å². The highest BCUT2D eigenvalue weighted by molar-refractivity contribution is 7.15. The van der Waals surface area contributed by atoms with Crippen LogP contribution in [-0.4, -0.2) is 19.4 Å². The molecule has 0 amide bonds. The lowest BCUT2D eigenvalue weighted by Crippen LogP contribution is -2.00. The number of hydrogen-bond donors (Lipinski definition) is 0. The molecule has 0 aliphatic rings. The topological polar surface area (TPSA) is 43.4 Å². The van der Waals surface area contributed by atoms with E-state index in [0.29, 0.717) is 22.3 Å². The number of hydrogen-bond acceptors (Lipinski definition) is 4. The van der Waals surface area contributed by atoms with Crippen molar-refractivity contribution in [1.29, 1.82) is 0 Å². The van der Waals surface area contributed by atoms with E-state index in [9.17, 15) is 14.0 Å². The van der Waals surface area contributed by atoms with Crippen molar-refractivity contribution in [1.82, 2.24) is 0 Å². The largest absolute Gasteiger partial charge is 0.465 e. The van der Waals surface area contributed by atoms with Gasteiger partial charge in [0.1, 0.15) is 5.82 Å². The highest BCUT2D eigenvalue weighted by Gasteiger charge is 2.17. The van der Waals surface area contributed by atoms with E-state index in [0.717, 1.165) is 4.88 Å². The van der Waals surface area contributed by atoms with E-state index in [-0.39, 0.29) is 5.56 Å². The average molecular weight is 278 g/mol. The zero-order chi connectivity index (χ0) is 14.0. The predicted octanol–water partition coefficient (Wildman–Crippen LogP) is 3.46. The van der Waals surface area contributed by atoms with Crippen LogP contribution in [0.3, 0.4) is 0 Å². The molecule has 0 fully saturated rings. The van der Waals surface area contributed by atoms with E-state index in [1.54, 1.807) is 19.1 Å². The number of rotatable bonds is 3. The Morgan fingerprint density at radius 2 is 2.16 bits per heavy atom. The van der Waals surface area contributed by atoms with Gasteiger partial charge < -0.3 is 4.74 Å². The summed E-state index contributed by atoms with van der Waals surface area (Å²) >= 11 is 1.32. The number of thiophene rings is 1. The summed E-state index contributed by atoms with van der Waals surface area (Å²) in [6.07, 6.45) is 0.484. The Bertz CT molecular complexity index is 646. The first kappa shape index (κ1) is 13.4. The number of aldehydes is 1. The third-order valence-corrected chi connectivity index (χ3v) is 3.84. The average Bonchev–Trinajstić information content (AvgIpc) is 2.79. The number of esters is 1. The number of carbonyl (C=O) groups is 2. The molecule has 1 aromatic heterocycles. The standard InChI is InChI=1S/C14H11FO3S/c1-8-10(14(17)18-2)6-13(19-8)9-4-3-5-12(15)11(9)7-16/h3-7H,1-2H3. The van der Waals surface area contributed by atoms with Crippen LogP contribution in [0.1, 0.15) is 25.6 Å². The smallest absolute Gasteiger partial charge is 0.338 e. The third kappa shape index (κ3) is 2.42. The maximum atomic E-state index is 13.5. The van der Waals surface area contributed by atoms with Crippen molar-refractivity contribution in [3.05, 3.63) is 46.1 Å². The molecule has 3 nitrogen and oxygen atoms in total. The summed E-state index contributed by atoms with van der Waals surface area (Å²) in [5.41, 5.74) is 0.919. The van der Waals surface area contributed by atoms with E-state index in [1.165, 1.54) is 30.6 Å². The van der Waals surface area contributed by atoms with Crippen LogP contribution in [0.5, 0.6) is 0 Å². The minimum Gasteiger partial charge on any atom is -0.465 e. The van der Waals surface area contributed by atoms with Gasteiger partial charge in [0.2, 0.25) is 0 Å². The van der Waals surface area contributed by atoms with E-state index >= 15 is 0 Å². The molecule has 0 spiro atoms. The summed E-state index contributed by atoms with van der Waals surface area (Å²) in [6, 6.07) is 6.03. The van der Waals surface area contributed by atoms with Crippen LogP contribution in [0.15, 0.2) is 24.3 Å². The summed E-state index contributed by atoms with van der Waals surface area (Å²) in [4.78, 5) is 24.0. The number of halogens is 1. The summed E-state index contributed by atoms with van der Waals surface area (Å²) < 4.78 is 18.2. The minimum absolute atomic E-state index is 0.000154. The Morgan fingerprint density at radius 1 is 1.42 bits per heavy atom. The van der Waals surface area contributed by atoms with Gasteiger partial charge in [-0.25, -0.2) is 9.18 Å². The number of benzene rings is 1. The van der Waals surface area contributed by atoms with Crippen molar-refractivity contribution in [3.63, 3.8) is 0 Å². The zero-order valence-electron chi connectivity index (χ0n) is 10.4. The second-order valence-corrected chi connectivity index (χ2v) is 5.15. The van der Waals surface area contributed by atoms with Gasteiger partial charge in [-0.2, -0.15) is 0 Å². The van der Waals surface area contributed by atoms with Crippen molar-refractivity contribution < 1.29 is 18.7 Å². The number of carbonyl (C=O) groups excluding carboxylic acids is 2. The molecule has 2 aromatic rings. The molecule has 0 N–H and O–H groups in total. The summed E-state index contributed by atoms with van der Waals surface area (Å²) in [6.45, 7) is 1.78. The highest BCUT2D eigenvalue weighted by Crippen LogP contribution is 2.33. The molecule has 0 aliphatic carbocycles. The molecule has 0 saturated heterocycles. The second kappa shape index (κ2) is 5.32. The Hall–Kier alpha value is -2.01. The van der Waals surface area contributed by atoms with Crippen molar-refractivity contribution in [2.24, 2.45) is 0 Å². The van der Waals surface area contributed by atoms with Crippen LogP contribution in [0.25, 0.3) is 10.4 Å². The summed E-state index contributed by atoms with van der Waals surface area (Å²) in [5, 5.41) is 0. The molecule has 5 heteroatoms. The SMILES string of the molecule is COC(=O)c1cc(-c2cccc(F)c2C=O)sc1C. The first-order valence-corrected chi connectivity index (χ1v) is 6.33. The monoisotopic (exact) mass is 278 g/mol. The minimum atomic E-state index is -0.571. The second-order valence-electron chi connectivity index (χ2n) is 3.89. The first-order valence-electron chi connectivity index (χ1n) is 5.51. The summed E-state index contributed by atoms with van der Waals surface area (Å²) in [7, 11) is 1.30. The van der Waals surface area contributed by atoms with Gasteiger partial charge >= 0.3 is 5.97 Å². The van der Waals surface area contributed by atoms with Crippen molar-refractivity contribution in [3.8, 4) is 10.4 Å². The predicted molar refractivity (Wildman–Crippen MR) is 71.2 cm³/mol. The van der Waals surface area contributed by atoms with Gasteiger partial charge in [-0.3, -0.25) is 4.79 Å². The maximum absolute atomic E-state index is 13.5. The molecule has 0 bridgehead atoms. The van der Waals surface area contributed by atoms with Crippen LogP contribution >= 0.6 is 11.3 Å². The lowest BCUT2D eigenvalue weighted by Gasteiger charge is -2.02. The Labute approximate surface area is 113 Å². The van der Waals surface area contributed by atoms with Gasteiger partial charge in [0.05, 0.1) is 18.2 Å². The van der Waals surface area contributed by atoms with Crippen LogP contribution in [0, 0.1) is 12.7 Å². The molecule has 1 aromatic carbocycles. The Balaban J connectivity index is 2.57. The number of ether oxygens (including phenoxy) is 1. The van der Waals surface area contributed by atoms with Crippen LogP contribution < -0.4 is 0 Å². The van der Waals surface area contributed by atoms with Crippen LogP contribution in [-0.2, 0) is 4.74 Å². The number of aryl methyl sites for hydroxylation is 1. The molecule has 1 heterocycles. The molecular weight excluding hydrogens is 267 g/mol. The van der Waals surface area contributed by atoms with E-state index < -0.39 is 11.8 Å². The fourth-order valence-electron chi connectivity index (χ4n) is 1.80. The molecule has 0 aliphatic heterocycles.